The van der Waals surface area contributed by atoms with Crippen LogP contribution in [0.5, 0.6) is 0 Å². The van der Waals surface area contributed by atoms with E-state index in [2.05, 4.69) is 4.72 Å². The van der Waals surface area contributed by atoms with Crippen LogP contribution in [0, 0.1) is 5.82 Å². The van der Waals surface area contributed by atoms with Crippen LogP contribution in [0.2, 0.25) is 0 Å². The van der Waals surface area contributed by atoms with E-state index in [9.17, 15) is 12.8 Å². The van der Waals surface area contributed by atoms with Gasteiger partial charge in [-0.3, -0.25) is 4.72 Å². The molecule has 7 heteroatoms. The van der Waals surface area contributed by atoms with Crippen LogP contribution in [0.15, 0.2) is 18.2 Å². The predicted molar refractivity (Wildman–Crippen MR) is 60.0 cm³/mol. The summed E-state index contributed by atoms with van der Waals surface area (Å²) in [7, 11) is -3.46. The first-order valence-corrected chi connectivity index (χ1v) is 5.78. The van der Waals surface area contributed by atoms with Crippen molar-refractivity contribution in [3.8, 4) is 0 Å². The molecule has 4 nitrogen and oxygen atoms in total. The highest BCUT2D eigenvalue weighted by Crippen LogP contribution is 2.16. The van der Waals surface area contributed by atoms with E-state index >= 15 is 0 Å². The highest BCUT2D eigenvalue weighted by atomic mass is 35.5. The number of hydrogen-bond acceptors (Lipinski definition) is 3. The smallest absolute Gasteiger partial charge is 0.229 e. The third-order valence-electron chi connectivity index (χ3n) is 1.56. The van der Waals surface area contributed by atoms with Crippen molar-refractivity contribution in [2.75, 3.05) is 11.0 Å². The van der Waals surface area contributed by atoms with Crippen LogP contribution < -0.4 is 10.5 Å². The second-order valence-electron chi connectivity index (χ2n) is 2.89. The van der Waals surface area contributed by atoms with Crippen molar-refractivity contribution in [3.63, 3.8) is 0 Å². The average molecular weight is 255 g/mol. The monoisotopic (exact) mass is 254 g/mol. The van der Waals surface area contributed by atoms with Crippen molar-refractivity contribution < 1.29 is 12.8 Å². The molecule has 0 saturated heterocycles. The Morgan fingerprint density at radius 1 is 1.47 bits per heavy atom. The van der Waals surface area contributed by atoms with Gasteiger partial charge in [-0.1, -0.05) is 6.07 Å². The zero-order chi connectivity index (χ0) is 10.8. The number of nitrogens with two attached hydrogens (primary N) is 1. The van der Waals surface area contributed by atoms with Crippen molar-refractivity contribution in [3.05, 3.63) is 29.6 Å². The van der Waals surface area contributed by atoms with E-state index in [4.69, 9.17) is 5.73 Å². The topological polar surface area (TPSA) is 72.2 Å². The van der Waals surface area contributed by atoms with Crippen molar-refractivity contribution in [2.24, 2.45) is 5.73 Å². The van der Waals surface area contributed by atoms with Gasteiger partial charge in [-0.15, -0.1) is 12.4 Å². The summed E-state index contributed by atoms with van der Waals surface area (Å²) in [6, 6.07) is 4.05. The van der Waals surface area contributed by atoms with Gasteiger partial charge in [0.1, 0.15) is 5.82 Å². The molecule has 86 valence electrons. The van der Waals surface area contributed by atoms with Crippen LogP contribution >= 0.6 is 12.4 Å². The van der Waals surface area contributed by atoms with Gasteiger partial charge in [-0.25, -0.2) is 12.8 Å². The van der Waals surface area contributed by atoms with Crippen LogP contribution in [-0.2, 0) is 16.6 Å². The maximum absolute atomic E-state index is 13.1. The number of halogens is 2. The average Bonchev–Trinajstić information content (AvgIpc) is 2.06. The van der Waals surface area contributed by atoms with Crippen LogP contribution in [0.4, 0.5) is 10.1 Å². The first-order valence-electron chi connectivity index (χ1n) is 3.88. The minimum absolute atomic E-state index is 0. The maximum atomic E-state index is 13.1. The van der Waals surface area contributed by atoms with E-state index in [1.165, 1.54) is 18.2 Å². The second-order valence-corrected chi connectivity index (χ2v) is 4.64. The fourth-order valence-electron chi connectivity index (χ4n) is 0.977. The quantitative estimate of drug-likeness (QED) is 0.848. The molecule has 0 aliphatic rings. The van der Waals surface area contributed by atoms with Gasteiger partial charge in [-0.2, -0.15) is 0 Å². The van der Waals surface area contributed by atoms with Crippen LogP contribution in [0.3, 0.4) is 0 Å². The molecular formula is C8H12ClFN2O2S. The molecule has 0 atom stereocenters. The number of benzene rings is 1. The molecule has 0 spiro atoms. The Hall–Kier alpha value is -0.850. The van der Waals surface area contributed by atoms with Gasteiger partial charge >= 0.3 is 0 Å². The molecule has 0 aromatic heterocycles. The Morgan fingerprint density at radius 2 is 2.07 bits per heavy atom. The van der Waals surface area contributed by atoms with Gasteiger partial charge in [0.25, 0.3) is 0 Å². The largest absolute Gasteiger partial charge is 0.326 e. The van der Waals surface area contributed by atoms with Crippen molar-refractivity contribution >= 4 is 28.1 Å². The molecule has 0 aliphatic carbocycles. The molecule has 15 heavy (non-hydrogen) atoms. The van der Waals surface area contributed by atoms with Crippen LogP contribution in [-0.4, -0.2) is 14.7 Å². The fraction of sp³-hybridized carbons (Fsp3) is 0.250. The summed E-state index contributed by atoms with van der Waals surface area (Å²) in [6.07, 6.45) is 0.960. The standard InChI is InChI=1S/C8H11FN2O2S.ClH/c1-14(12,13)11-8-4-6(5-10)2-3-7(8)9;/h2-4,11H,5,10H2,1H3;1H. The molecule has 1 aromatic carbocycles. The highest BCUT2D eigenvalue weighted by Gasteiger charge is 2.07. The lowest BCUT2D eigenvalue weighted by Crippen LogP contribution is -2.11. The molecule has 0 amide bonds. The highest BCUT2D eigenvalue weighted by molar-refractivity contribution is 7.92. The lowest BCUT2D eigenvalue weighted by molar-refractivity contribution is 0.603. The Kier molecular flexibility index (Phi) is 4.99. The van der Waals surface area contributed by atoms with Crippen LogP contribution in [0.25, 0.3) is 0 Å². The first kappa shape index (κ1) is 14.2. The van der Waals surface area contributed by atoms with E-state index in [0.717, 1.165) is 6.26 Å². The molecule has 0 bridgehead atoms. The normalized spacial score (nSPS) is 10.6. The third-order valence-corrected chi connectivity index (χ3v) is 2.15. The first-order chi connectivity index (χ1) is 6.42. The van der Waals surface area contributed by atoms with Gasteiger partial charge in [0, 0.05) is 6.54 Å². The van der Waals surface area contributed by atoms with E-state index in [1.807, 2.05) is 0 Å². The third kappa shape index (κ3) is 4.46. The summed E-state index contributed by atoms with van der Waals surface area (Å²) >= 11 is 0. The molecule has 3 N–H and O–H groups in total. The Balaban J connectivity index is 0.00000196. The minimum Gasteiger partial charge on any atom is -0.326 e. The predicted octanol–water partition coefficient (Wildman–Crippen LogP) is 1.08. The molecule has 0 heterocycles. The molecule has 1 rings (SSSR count). The van der Waals surface area contributed by atoms with E-state index in [-0.39, 0.29) is 24.6 Å². The number of sulfonamides is 1. The Bertz CT molecular complexity index is 436. The van der Waals surface area contributed by atoms with E-state index in [0.29, 0.717) is 5.56 Å². The molecule has 0 unspecified atom stereocenters. The molecule has 0 radical (unpaired) electrons. The molecule has 0 fully saturated rings. The zero-order valence-corrected chi connectivity index (χ0v) is 9.66. The molecule has 0 saturated carbocycles. The maximum Gasteiger partial charge on any atom is 0.229 e. The fourth-order valence-corrected chi connectivity index (χ4v) is 1.53. The number of anilines is 1. The number of hydrogen-bond donors (Lipinski definition) is 2. The van der Waals surface area contributed by atoms with Gasteiger partial charge in [-0.05, 0) is 17.7 Å². The summed E-state index contributed by atoms with van der Waals surface area (Å²) in [6.45, 7) is 0.235. The molecule has 1 aromatic rings. The Morgan fingerprint density at radius 3 is 2.53 bits per heavy atom. The summed E-state index contributed by atoms with van der Waals surface area (Å²) in [5.74, 6) is -0.618. The van der Waals surface area contributed by atoms with Crippen LogP contribution in [0.1, 0.15) is 5.56 Å². The second kappa shape index (κ2) is 5.29. The van der Waals surface area contributed by atoms with Gasteiger partial charge in [0.2, 0.25) is 10.0 Å². The van der Waals surface area contributed by atoms with Crippen molar-refractivity contribution in [2.45, 2.75) is 6.54 Å². The lowest BCUT2D eigenvalue weighted by atomic mass is 10.2. The van der Waals surface area contributed by atoms with Gasteiger partial charge in [0.05, 0.1) is 11.9 Å². The summed E-state index contributed by atoms with van der Waals surface area (Å²) in [5.41, 5.74) is 5.92. The molecular weight excluding hydrogens is 243 g/mol. The Labute approximate surface area is 94.1 Å². The number of nitrogens with one attached hydrogen (secondary N) is 1. The molecule has 0 aliphatic heterocycles. The summed E-state index contributed by atoms with van der Waals surface area (Å²) < 4.78 is 36.8. The van der Waals surface area contributed by atoms with E-state index < -0.39 is 15.8 Å². The lowest BCUT2D eigenvalue weighted by Gasteiger charge is -2.06. The van der Waals surface area contributed by atoms with Gasteiger partial charge < -0.3 is 5.73 Å². The summed E-state index contributed by atoms with van der Waals surface area (Å²) in [5, 5.41) is 0. The van der Waals surface area contributed by atoms with Gasteiger partial charge in [0.15, 0.2) is 0 Å². The SMILES string of the molecule is CS(=O)(=O)Nc1cc(CN)ccc1F.Cl. The van der Waals surface area contributed by atoms with E-state index in [1.54, 1.807) is 0 Å². The van der Waals surface area contributed by atoms with Crippen molar-refractivity contribution in [1.29, 1.82) is 0 Å². The zero-order valence-electron chi connectivity index (χ0n) is 8.03. The summed E-state index contributed by atoms with van der Waals surface area (Å²) in [4.78, 5) is 0. The minimum atomic E-state index is -3.46. The number of rotatable bonds is 3. The van der Waals surface area contributed by atoms with Crippen molar-refractivity contribution in [1.82, 2.24) is 0 Å².